The Balaban J connectivity index is 1.56. The lowest BCUT2D eigenvalue weighted by Gasteiger charge is -2.15. The number of benzene rings is 2. The number of aromatic nitrogens is 1. The third-order valence-corrected chi connectivity index (χ3v) is 4.61. The van der Waals surface area contributed by atoms with E-state index in [0.29, 0.717) is 38.8 Å². The molecule has 140 valence electrons. The molecule has 1 fully saturated rings. The van der Waals surface area contributed by atoms with Gasteiger partial charge in [-0.3, -0.25) is 4.98 Å². The normalized spacial score (nSPS) is 15.6. The van der Waals surface area contributed by atoms with Crippen LogP contribution >= 0.6 is 0 Å². The number of rotatable bonds is 4. The van der Waals surface area contributed by atoms with Crippen molar-refractivity contribution in [3.8, 4) is 16.9 Å². The Morgan fingerprint density at radius 1 is 1.04 bits per heavy atom. The molecule has 0 atom stereocenters. The van der Waals surface area contributed by atoms with Gasteiger partial charge < -0.3 is 14.2 Å². The Labute approximate surface area is 157 Å². The Hall–Kier alpha value is -2.50. The van der Waals surface area contributed by atoms with Crippen molar-refractivity contribution in [1.29, 1.82) is 0 Å². The van der Waals surface area contributed by atoms with E-state index in [9.17, 15) is 4.39 Å². The van der Waals surface area contributed by atoms with Crippen LogP contribution in [0.25, 0.3) is 22.0 Å². The highest BCUT2D eigenvalue weighted by atomic mass is 19.1. The molecule has 1 aliphatic rings. The van der Waals surface area contributed by atoms with E-state index in [-0.39, 0.29) is 11.7 Å². The molecular formula is C22H22FNO3. The molecular weight excluding hydrogens is 345 g/mol. The van der Waals surface area contributed by atoms with Crippen LogP contribution in [0, 0.1) is 18.7 Å². The molecule has 0 saturated carbocycles. The summed E-state index contributed by atoms with van der Waals surface area (Å²) in [6, 6.07) is 12.9. The highest BCUT2D eigenvalue weighted by molar-refractivity contribution is 5.84. The van der Waals surface area contributed by atoms with Gasteiger partial charge in [-0.2, -0.15) is 0 Å². The maximum atomic E-state index is 14.2. The van der Waals surface area contributed by atoms with Gasteiger partial charge in [0.05, 0.1) is 38.6 Å². The van der Waals surface area contributed by atoms with E-state index in [1.165, 1.54) is 12.1 Å². The fourth-order valence-corrected chi connectivity index (χ4v) is 3.20. The number of pyridine rings is 1. The third-order valence-electron chi connectivity index (χ3n) is 4.61. The van der Waals surface area contributed by atoms with Crippen molar-refractivity contribution in [2.75, 3.05) is 33.0 Å². The standard InChI is InChI=1S/C22H22FNO3/c1-15-2-3-22-18(6-15)7-19(11-24-22)17-8-20(23)10-21(9-17)27-14-16-12-25-4-5-26-13-16/h2-3,6-11,16H,4-5,12-14H2,1H3. The van der Waals surface area contributed by atoms with E-state index >= 15 is 0 Å². The summed E-state index contributed by atoms with van der Waals surface area (Å²) in [6.45, 7) is 4.87. The molecule has 0 N–H and O–H groups in total. The summed E-state index contributed by atoms with van der Waals surface area (Å²) in [4.78, 5) is 4.49. The molecule has 0 radical (unpaired) electrons. The Morgan fingerprint density at radius 2 is 1.85 bits per heavy atom. The van der Waals surface area contributed by atoms with Crippen molar-refractivity contribution in [2.45, 2.75) is 6.92 Å². The second-order valence-corrected chi connectivity index (χ2v) is 6.92. The van der Waals surface area contributed by atoms with E-state index < -0.39 is 0 Å². The smallest absolute Gasteiger partial charge is 0.127 e. The Bertz CT molecular complexity index is 936. The van der Waals surface area contributed by atoms with Crippen LogP contribution in [0.4, 0.5) is 4.39 Å². The average Bonchev–Trinajstić information content (AvgIpc) is 2.94. The summed E-state index contributed by atoms with van der Waals surface area (Å²) in [5, 5.41) is 1.03. The maximum absolute atomic E-state index is 14.2. The highest BCUT2D eigenvalue weighted by Gasteiger charge is 2.14. The SMILES string of the molecule is Cc1ccc2ncc(-c3cc(F)cc(OCC4COCCOC4)c3)cc2c1. The van der Waals surface area contributed by atoms with Gasteiger partial charge in [0.25, 0.3) is 0 Å². The molecule has 5 heteroatoms. The first-order valence-corrected chi connectivity index (χ1v) is 9.13. The van der Waals surface area contributed by atoms with Crippen molar-refractivity contribution in [3.63, 3.8) is 0 Å². The molecule has 1 aromatic heterocycles. The molecule has 4 nitrogen and oxygen atoms in total. The van der Waals surface area contributed by atoms with E-state index in [1.54, 1.807) is 6.20 Å². The van der Waals surface area contributed by atoms with Gasteiger partial charge in [0.2, 0.25) is 0 Å². The predicted molar refractivity (Wildman–Crippen MR) is 102 cm³/mol. The minimum absolute atomic E-state index is 0.143. The summed E-state index contributed by atoms with van der Waals surface area (Å²) in [5.41, 5.74) is 3.69. The second-order valence-electron chi connectivity index (χ2n) is 6.92. The monoisotopic (exact) mass is 367 g/mol. The van der Waals surface area contributed by atoms with Gasteiger partial charge in [-0.1, -0.05) is 11.6 Å². The number of halogens is 1. The molecule has 2 heterocycles. The molecule has 0 bridgehead atoms. The maximum Gasteiger partial charge on any atom is 0.127 e. The van der Waals surface area contributed by atoms with Crippen LogP contribution in [0.3, 0.4) is 0 Å². The van der Waals surface area contributed by atoms with Gasteiger partial charge in [-0.25, -0.2) is 4.39 Å². The first-order valence-electron chi connectivity index (χ1n) is 9.13. The quantitative estimate of drug-likeness (QED) is 0.686. The number of hydrogen-bond acceptors (Lipinski definition) is 4. The molecule has 27 heavy (non-hydrogen) atoms. The summed E-state index contributed by atoms with van der Waals surface area (Å²) in [7, 11) is 0. The Morgan fingerprint density at radius 3 is 2.67 bits per heavy atom. The minimum atomic E-state index is -0.333. The first kappa shape index (κ1) is 17.9. The summed E-state index contributed by atoms with van der Waals surface area (Å²) >= 11 is 0. The zero-order valence-corrected chi connectivity index (χ0v) is 15.3. The lowest BCUT2D eigenvalue weighted by molar-refractivity contribution is 0.101. The topological polar surface area (TPSA) is 40.6 Å². The van der Waals surface area contributed by atoms with E-state index in [2.05, 4.69) is 11.1 Å². The third kappa shape index (κ3) is 4.43. The zero-order valence-electron chi connectivity index (χ0n) is 15.3. The van der Waals surface area contributed by atoms with Gasteiger partial charge >= 0.3 is 0 Å². The van der Waals surface area contributed by atoms with Crippen molar-refractivity contribution in [1.82, 2.24) is 4.98 Å². The minimum Gasteiger partial charge on any atom is -0.493 e. The fraction of sp³-hybridized carbons (Fsp3) is 0.318. The van der Waals surface area contributed by atoms with Gasteiger partial charge in [-0.15, -0.1) is 0 Å². The molecule has 4 rings (SSSR count). The molecule has 0 amide bonds. The first-order chi connectivity index (χ1) is 13.2. The van der Waals surface area contributed by atoms with E-state index in [4.69, 9.17) is 14.2 Å². The van der Waals surface area contributed by atoms with Gasteiger partial charge in [0, 0.05) is 29.1 Å². The van der Waals surface area contributed by atoms with Crippen LogP contribution in [0.15, 0.2) is 48.7 Å². The summed E-state index contributed by atoms with van der Waals surface area (Å²) in [5.74, 6) is 0.309. The van der Waals surface area contributed by atoms with Crippen LogP contribution in [0.2, 0.25) is 0 Å². The molecule has 0 spiro atoms. The number of hydrogen-bond donors (Lipinski definition) is 0. The second kappa shape index (κ2) is 8.03. The van der Waals surface area contributed by atoms with Crippen molar-refractivity contribution < 1.29 is 18.6 Å². The molecule has 2 aromatic carbocycles. The highest BCUT2D eigenvalue weighted by Crippen LogP contribution is 2.28. The number of nitrogens with zero attached hydrogens (tertiary/aromatic N) is 1. The molecule has 0 unspecified atom stereocenters. The summed E-state index contributed by atoms with van der Waals surface area (Å²) in [6.07, 6.45) is 1.77. The van der Waals surface area contributed by atoms with E-state index in [1.807, 2.05) is 31.2 Å². The van der Waals surface area contributed by atoms with Crippen LogP contribution in [0.1, 0.15) is 5.56 Å². The van der Waals surface area contributed by atoms with Crippen molar-refractivity contribution in [2.24, 2.45) is 5.92 Å². The van der Waals surface area contributed by atoms with Crippen molar-refractivity contribution in [3.05, 3.63) is 60.0 Å². The van der Waals surface area contributed by atoms with Crippen molar-refractivity contribution >= 4 is 10.9 Å². The number of fused-ring (bicyclic) bond motifs is 1. The lowest BCUT2D eigenvalue weighted by Crippen LogP contribution is -2.20. The van der Waals surface area contributed by atoms with Crippen LogP contribution in [-0.2, 0) is 9.47 Å². The molecule has 1 saturated heterocycles. The number of aryl methyl sites for hydroxylation is 1. The fourth-order valence-electron chi connectivity index (χ4n) is 3.20. The lowest BCUT2D eigenvalue weighted by atomic mass is 10.0. The molecule has 1 aliphatic heterocycles. The van der Waals surface area contributed by atoms with Gasteiger partial charge in [0.15, 0.2) is 0 Å². The molecule has 3 aromatic rings. The molecule has 0 aliphatic carbocycles. The average molecular weight is 367 g/mol. The van der Waals surface area contributed by atoms with Crippen LogP contribution in [0.5, 0.6) is 5.75 Å². The largest absolute Gasteiger partial charge is 0.493 e. The van der Waals surface area contributed by atoms with Crippen LogP contribution in [-0.4, -0.2) is 38.0 Å². The van der Waals surface area contributed by atoms with E-state index in [0.717, 1.165) is 27.6 Å². The van der Waals surface area contributed by atoms with Gasteiger partial charge in [0.1, 0.15) is 11.6 Å². The van der Waals surface area contributed by atoms with Gasteiger partial charge in [-0.05, 0) is 42.8 Å². The predicted octanol–water partition coefficient (Wildman–Crippen LogP) is 4.39. The Kier molecular flexibility index (Phi) is 5.32. The number of ether oxygens (including phenoxy) is 3. The zero-order chi connectivity index (χ0) is 18.6. The van der Waals surface area contributed by atoms with Crippen LogP contribution < -0.4 is 4.74 Å². The summed E-state index contributed by atoms with van der Waals surface area (Å²) < 4.78 is 31.0.